The van der Waals surface area contributed by atoms with Crippen LogP contribution in [0.4, 0.5) is 0 Å². The molecule has 1 aromatic rings. The second kappa shape index (κ2) is 11.3. The van der Waals surface area contributed by atoms with Gasteiger partial charge in [0, 0.05) is 32.1 Å². The van der Waals surface area contributed by atoms with E-state index in [1.54, 1.807) is 4.90 Å². The van der Waals surface area contributed by atoms with Crippen molar-refractivity contribution < 1.29 is 9.59 Å². The highest BCUT2D eigenvalue weighted by Crippen LogP contribution is 2.16. The molecule has 2 aliphatic rings. The minimum atomic E-state index is -0.500. The summed E-state index contributed by atoms with van der Waals surface area (Å²) in [7, 11) is 0. The highest BCUT2D eigenvalue weighted by atomic mass is 16.2. The molecule has 1 aromatic carbocycles. The van der Waals surface area contributed by atoms with E-state index < -0.39 is 6.04 Å². The van der Waals surface area contributed by atoms with Crippen molar-refractivity contribution in [3.8, 4) is 6.19 Å². The molecule has 0 spiro atoms. The number of guanidine groups is 1. The van der Waals surface area contributed by atoms with Gasteiger partial charge in [0.25, 0.3) is 0 Å². The number of amides is 2. The van der Waals surface area contributed by atoms with Crippen LogP contribution in [0.1, 0.15) is 50.5 Å². The summed E-state index contributed by atoms with van der Waals surface area (Å²) in [5, 5.41) is 14.8. The quantitative estimate of drug-likeness (QED) is 0.314. The number of carbonyl (C=O) groups excluding carboxylic acids is 2. The van der Waals surface area contributed by atoms with Crippen LogP contribution in [0.3, 0.4) is 0 Å². The molecule has 0 bridgehead atoms. The van der Waals surface area contributed by atoms with Gasteiger partial charge < -0.3 is 15.1 Å². The van der Waals surface area contributed by atoms with Crippen molar-refractivity contribution in [3.63, 3.8) is 0 Å². The van der Waals surface area contributed by atoms with Crippen LogP contribution in [-0.2, 0) is 9.59 Å². The van der Waals surface area contributed by atoms with Gasteiger partial charge in [-0.25, -0.2) is 0 Å². The first-order valence-electron chi connectivity index (χ1n) is 11.2. The topological polar surface area (TPSA) is 101 Å². The summed E-state index contributed by atoms with van der Waals surface area (Å²) >= 11 is 0. The maximum absolute atomic E-state index is 13.1. The lowest BCUT2D eigenvalue weighted by Crippen LogP contribution is -2.52. The number of hydrogen-bond acceptors (Lipinski definition) is 4. The Morgan fingerprint density at radius 1 is 1.19 bits per heavy atom. The monoisotopic (exact) mass is 424 g/mol. The van der Waals surface area contributed by atoms with Crippen LogP contribution in [0.5, 0.6) is 0 Å². The lowest BCUT2D eigenvalue weighted by atomic mass is 10.0. The van der Waals surface area contributed by atoms with E-state index in [0.717, 1.165) is 38.8 Å². The third-order valence-corrected chi connectivity index (χ3v) is 5.94. The largest absolute Gasteiger partial charge is 0.344 e. The predicted octanol–water partition coefficient (Wildman–Crippen LogP) is 1.81. The number of nitrogens with zero attached hydrogens (tertiary/aromatic N) is 4. The maximum Gasteiger partial charge on any atom is 0.245 e. The fraction of sp³-hybridized carbons (Fsp3) is 0.565. The number of benzene rings is 1. The molecule has 31 heavy (non-hydrogen) atoms. The van der Waals surface area contributed by atoms with Crippen molar-refractivity contribution >= 4 is 17.8 Å². The van der Waals surface area contributed by atoms with Gasteiger partial charge in [0.05, 0.1) is 6.54 Å². The van der Waals surface area contributed by atoms with Gasteiger partial charge in [0.15, 0.2) is 6.19 Å². The molecule has 8 heteroatoms. The molecule has 0 aromatic heterocycles. The molecule has 2 atom stereocenters. The van der Waals surface area contributed by atoms with Gasteiger partial charge in [-0.05, 0) is 37.7 Å². The molecule has 2 unspecified atom stereocenters. The van der Waals surface area contributed by atoms with Crippen LogP contribution in [0.25, 0.3) is 0 Å². The number of aliphatic imine (C=N–C) groups is 1. The van der Waals surface area contributed by atoms with E-state index in [9.17, 15) is 9.59 Å². The van der Waals surface area contributed by atoms with Crippen molar-refractivity contribution in [2.45, 2.75) is 51.0 Å². The second-order valence-electron chi connectivity index (χ2n) is 8.28. The molecule has 2 aliphatic heterocycles. The van der Waals surface area contributed by atoms with E-state index in [2.05, 4.69) is 34.7 Å². The lowest BCUT2D eigenvalue weighted by molar-refractivity contribution is -0.140. The fourth-order valence-electron chi connectivity index (χ4n) is 4.08. The minimum absolute atomic E-state index is 0.0206. The number of carbonyl (C=O) groups is 2. The zero-order chi connectivity index (χ0) is 22.1. The van der Waals surface area contributed by atoms with Crippen LogP contribution in [-0.4, -0.2) is 66.3 Å². The van der Waals surface area contributed by atoms with Gasteiger partial charge in [-0.3, -0.25) is 19.9 Å². The lowest BCUT2D eigenvalue weighted by Gasteiger charge is -2.27. The summed E-state index contributed by atoms with van der Waals surface area (Å²) in [5.74, 6) is 0.398. The van der Waals surface area contributed by atoms with Crippen molar-refractivity contribution in [1.82, 2.24) is 20.4 Å². The average molecular weight is 425 g/mol. The van der Waals surface area contributed by atoms with Crippen LogP contribution in [0, 0.1) is 11.5 Å². The van der Waals surface area contributed by atoms with Crippen LogP contribution < -0.4 is 10.6 Å². The zero-order valence-electron chi connectivity index (χ0n) is 18.2. The molecule has 2 N–H and O–H groups in total. The first-order chi connectivity index (χ1) is 15.1. The molecule has 0 aliphatic carbocycles. The van der Waals surface area contributed by atoms with Crippen LogP contribution in [0.15, 0.2) is 35.3 Å². The summed E-state index contributed by atoms with van der Waals surface area (Å²) < 4.78 is 0. The zero-order valence-corrected chi connectivity index (χ0v) is 18.2. The van der Waals surface area contributed by atoms with Crippen LogP contribution >= 0.6 is 0 Å². The highest BCUT2D eigenvalue weighted by molar-refractivity contribution is 5.92. The normalized spacial score (nSPS) is 20.7. The van der Waals surface area contributed by atoms with Crippen molar-refractivity contribution in [1.29, 1.82) is 5.26 Å². The van der Waals surface area contributed by atoms with E-state index in [1.807, 2.05) is 29.3 Å². The third kappa shape index (κ3) is 6.45. The maximum atomic E-state index is 13.1. The Morgan fingerprint density at radius 2 is 1.90 bits per heavy atom. The Morgan fingerprint density at radius 3 is 2.61 bits per heavy atom. The molecule has 2 saturated heterocycles. The van der Waals surface area contributed by atoms with E-state index in [0.29, 0.717) is 25.5 Å². The summed E-state index contributed by atoms with van der Waals surface area (Å²) in [6.07, 6.45) is 6.35. The Bertz CT molecular complexity index is 813. The van der Waals surface area contributed by atoms with E-state index in [4.69, 9.17) is 5.26 Å². The van der Waals surface area contributed by atoms with E-state index in [1.165, 1.54) is 5.56 Å². The smallest absolute Gasteiger partial charge is 0.245 e. The van der Waals surface area contributed by atoms with E-state index >= 15 is 0 Å². The molecular weight excluding hydrogens is 392 g/mol. The first-order valence-corrected chi connectivity index (χ1v) is 11.2. The molecule has 2 amide bonds. The number of nitriles is 1. The fourth-order valence-corrected chi connectivity index (χ4v) is 4.08. The molecule has 2 heterocycles. The third-order valence-electron chi connectivity index (χ3n) is 5.94. The molecule has 166 valence electrons. The number of likely N-dealkylation sites (tertiary alicyclic amines) is 2. The number of nitrogens with one attached hydrogen (secondary N) is 2. The summed E-state index contributed by atoms with van der Waals surface area (Å²) in [5.41, 5.74) is 1.17. The van der Waals surface area contributed by atoms with Gasteiger partial charge in [-0.1, -0.05) is 37.3 Å². The molecular formula is C23H32N6O2. The number of hydrogen-bond donors (Lipinski definition) is 2. The average Bonchev–Trinajstić information content (AvgIpc) is 3.28. The second-order valence-corrected chi connectivity index (χ2v) is 8.28. The molecule has 0 radical (unpaired) electrons. The van der Waals surface area contributed by atoms with Crippen molar-refractivity contribution in [2.75, 3.05) is 32.7 Å². The summed E-state index contributed by atoms with van der Waals surface area (Å²) in [4.78, 5) is 33.7. The van der Waals surface area contributed by atoms with Crippen LogP contribution in [0.2, 0.25) is 0 Å². The van der Waals surface area contributed by atoms with Gasteiger partial charge in [0.1, 0.15) is 6.04 Å². The Labute approximate surface area is 184 Å². The molecule has 2 fully saturated rings. The highest BCUT2D eigenvalue weighted by Gasteiger charge is 2.30. The minimum Gasteiger partial charge on any atom is -0.344 e. The Kier molecular flexibility index (Phi) is 8.27. The number of rotatable bonds is 6. The standard InChI is InChI=1S/C23H32N6O2/c1-18(19-9-3-2-4-10-19)15-25-23(26-17-24)27-20-11-5-6-14-29(22(20)31)16-21(30)28-12-7-8-13-28/h2-4,9-10,18,20H,5-8,11-16H2,1H3,(H2,25,26,27). The van der Waals surface area contributed by atoms with Crippen molar-refractivity contribution in [2.24, 2.45) is 4.99 Å². The molecule has 0 saturated carbocycles. The first kappa shape index (κ1) is 22.6. The van der Waals surface area contributed by atoms with Gasteiger partial charge >= 0.3 is 0 Å². The predicted molar refractivity (Wildman–Crippen MR) is 119 cm³/mol. The Balaban J connectivity index is 1.63. The van der Waals surface area contributed by atoms with Gasteiger partial charge in [0.2, 0.25) is 17.8 Å². The van der Waals surface area contributed by atoms with Gasteiger partial charge in [-0.2, -0.15) is 5.26 Å². The van der Waals surface area contributed by atoms with Crippen molar-refractivity contribution in [3.05, 3.63) is 35.9 Å². The molecule has 3 rings (SSSR count). The molecule has 8 nitrogen and oxygen atoms in total. The van der Waals surface area contributed by atoms with Gasteiger partial charge in [-0.15, -0.1) is 0 Å². The summed E-state index contributed by atoms with van der Waals surface area (Å²) in [6.45, 7) is 4.83. The van der Waals surface area contributed by atoms with E-state index in [-0.39, 0.29) is 24.3 Å². The summed E-state index contributed by atoms with van der Waals surface area (Å²) in [6, 6.07) is 9.56. The Hall–Kier alpha value is -3.08. The SMILES string of the molecule is CC(CN=C(NC#N)NC1CCCCN(CC(=O)N2CCCC2)C1=O)c1ccccc1.